The number of carboxylic acids is 4. The van der Waals surface area contributed by atoms with Gasteiger partial charge >= 0.3 is 23.9 Å². The lowest BCUT2D eigenvalue weighted by Gasteiger charge is -1.82. The Hall–Kier alpha value is -2.52. The van der Waals surface area contributed by atoms with Gasteiger partial charge in [-0.2, -0.15) is 10.2 Å². The van der Waals surface area contributed by atoms with Crippen molar-refractivity contribution in [3.05, 3.63) is 0 Å². The minimum absolute atomic E-state index is 0.479. The third-order valence-electron chi connectivity index (χ3n) is 0.814. The van der Waals surface area contributed by atoms with Crippen molar-refractivity contribution < 1.29 is 39.6 Å². The number of hydrogen-bond donors (Lipinski definition) is 4. The zero-order valence-electron chi connectivity index (χ0n) is 8.44. The van der Waals surface area contributed by atoms with Crippen LogP contribution in [-0.4, -0.2) is 57.4 Å². The van der Waals surface area contributed by atoms with Gasteiger partial charge in [0.2, 0.25) is 0 Å². The summed E-state index contributed by atoms with van der Waals surface area (Å²) in [6.07, 6.45) is -0.806. The highest BCUT2D eigenvalue weighted by Gasteiger charge is 2.01. The van der Waals surface area contributed by atoms with Crippen LogP contribution in [0.3, 0.4) is 0 Å². The minimum atomic E-state index is -1.31. The molecule has 4 N–H and O–H groups in total. The number of hydrogen-bond acceptors (Lipinski definition) is 6. The highest BCUT2D eigenvalue weighted by molar-refractivity contribution is 5.88. The van der Waals surface area contributed by atoms with Crippen molar-refractivity contribution in [1.82, 2.24) is 0 Å². The van der Waals surface area contributed by atoms with Crippen molar-refractivity contribution in [1.29, 1.82) is 0 Å². The Morgan fingerprint density at radius 1 is 0.647 bits per heavy atom. The summed E-state index contributed by atoms with van der Waals surface area (Å²) in [5.74, 6) is -4.89. The summed E-state index contributed by atoms with van der Waals surface area (Å²) >= 11 is 0. The first kappa shape index (κ1) is 16.9. The summed E-state index contributed by atoms with van der Waals surface area (Å²) in [5, 5.41) is 37.5. The summed E-state index contributed by atoms with van der Waals surface area (Å²) in [4.78, 5) is 38.3. The minimum Gasteiger partial charge on any atom is -0.481 e. The van der Waals surface area contributed by atoms with Gasteiger partial charge in [-0.15, -0.1) is 0 Å². The average molecular weight is 250 g/mol. The van der Waals surface area contributed by atoms with Gasteiger partial charge in [-0.25, -0.2) is 0 Å². The molecule has 0 fully saturated rings. The Labute approximate surface area is 94.2 Å². The molecule has 17 heavy (non-hydrogen) atoms. The van der Waals surface area contributed by atoms with E-state index in [0.717, 1.165) is 0 Å². The first-order valence-electron chi connectivity index (χ1n) is 3.96. The molecule has 0 saturated heterocycles. The maximum absolute atomic E-state index is 9.74. The van der Waals surface area contributed by atoms with Crippen LogP contribution in [0.2, 0.25) is 0 Å². The fourth-order valence-corrected chi connectivity index (χ4v) is 0.350. The molecule has 0 aromatic heterocycles. The number of azo groups is 1. The maximum Gasteiger partial charge on any atom is 0.327 e. The van der Waals surface area contributed by atoms with Crippen molar-refractivity contribution in [2.45, 2.75) is 6.42 Å². The van der Waals surface area contributed by atoms with Gasteiger partial charge < -0.3 is 20.4 Å². The molecule has 0 unspecified atom stereocenters. The van der Waals surface area contributed by atoms with Crippen LogP contribution in [0.4, 0.5) is 0 Å². The van der Waals surface area contributed by atoms with Gasteiger partial charge in [-0.05, 0) is 0 Å². The van der Waals surface area contributed by atoms with Gasteiger partial charge in [0.25, 0.3) is 0 Å². The molecule has 0 heterocycles. The van der Waals surface area contributed by atoms with E-state index in [1.54, 1.807) is 0 Å². The number of carbonyl (C=O) groups is 4. The van der Waals surface area contributed by atoms with Crippen molar-refractivity contribution in [3.8, 4) is 0 Å². The molecule has 0 aliphatic heterocycles. The van der Waals surface area contributed by atoms with Crippen molar-refractivity contribution in [2.75, 3.05) is 13.1 Å². The van der Waals surface area contributed by atoms with Gasteiger partial charge in [0.1, 0.15) is 6.42 Å². The molecule has 10 heteroatoms. The van der Waals surface area contributed by atoms with Crippen LogP contribution in [-0.2, 0) is 19.2 Å². The zero-order valence-corrected chi connectivity index (χ0v) is 8.44. The van der Waals surface area contributed by atoms with E-state index in [0.29, 0.717) is 0 Å². The molecule has 96 valence electrons. The number of nitrogens with zero attached hydrogens (tertiary/aromatic N) is 2. The Morgan fingerprint density at radius 3 is 1.06 bits per heavy atom. The molecule has 0 atom stereocenters. The fraction of sp³-hybridized carbons (Fsp3) is 0.429. The highest BCUT2D eigenvalue weighted by Crippen LogP contribution is 1.76. The molecular formula is C7H10N2O8. The molecule has 0 spiro atoms. The summed E-state index contributed by atoms with van der Waals surface area (Å²) in [6, 6.07) is 0. The largest absolute Gasteiger partial charge is 0.481 e. The van der Waals surface area contributed by atoms with Gasteiger partial charge in [-0.1, -0.05) is 0 Å². The average Bonchev–Trinajstić information content (AvgIpc) is 2.10. The lowest BCUT2D eigenvalue weighted by molar-refractivity contribution is -0.147. The molecule has 0 aromatic carbocycles. The van der Waals surface area contributed by atoms with Crippen LogP contribution in [0, 0.1) is 0 Å². The van der Waals surface area contributed by atoms with E-state index < -0.39 is 43.4 Å². The van der Waals surface area contributed by atoms with Gasteiger partial charge in [-0.3, -0.25) is 19.2 Å². The topological polar surface area (TPSA) is 174 Å². The Kier molecular flexibility index (Phi) is 9.95. The van der Waals surface area contributed by atoms with E-state index in [4.69, 9.17) is 20.4 Å². The number of aliphatic carboxylic acids is 4. The summed E-state index contributed by atoms with van der Waals surface area (Å²) in [7, 11) is 0. The van der Waals surface area contributed by atoms with Crippen LogP contribution >= 0.6 is 0 Å². The van der Waals surface area contributed by atoms with E-state index in [9.17, 15) is 19.2 Å². The zero-order chi connectivity index (χ0) is 13.8. The monoisotopic (exact) mass is 250 g/mol. The Morgan fingerprint density at radius 2 is 0.941 bits per heavy atom. The van der Waals surface area contributed by atoms with Crippen molar-refractivity contribution in [3.63, 3.8) is 0 Å². The maximum atomic E-state index is 9.74. The number of carboxylic acid groups (broad SMARTS) is 4. The van der Waals surface area contributed by atoms with E-state index in [-0.39, 0.29) is 0 Å². The normalized spacial score (nSPS) is 9.18. The molecule has 0 radical (unpaired) electrons. The predicted molar refractivity (Wildman–Crippen MR) is 49.8 cm³/mol. The molecule has 0 saturated carbocycles. The predicted octanol–water partition coefficient (Wildman–Crippen LogP) is -0.846. The molecular weight excluding hydrogens is 240 g/mol. The third kappa shape index (κ3) is 24.7. The van der Waals surface area contributed by atoms with Crippen LogP contribution in [0.15, 0.2) is 10.2 Å². The number of rotatable bonds is 6. The van der Waals surface area contributed by atoms with Crippen LogP contribution in [0.5, 0.6) is 0 Å². The second-order valence-electron chi connectivity index (χ2n) is 2.35. The molecule has 0 aromatic rings. The summed E-state index contributed by atoms with van der Waals surface area (Å²) in [6.45, 7) is -0.958. The molecule has 0 aliphatic rings. The fourth-order valence-electron chi connectivity index (χ4n) is 0.350. The quantitative estimate of drug-likeness (QED) is 0.348. The summed E-state index contributed by atoms with van der Waals surface area (Å²) < 4.78 is 0. The first-order valence-corrected chi connectivity index (χ1v) is 3.96. The van der Waals surface area contributed by atoms with Gasteiger partial charge in [0, 0.05) is 0 Å². The van der Waals surface area contributed by atoms with E-state index in [1.165, 1.54) is 0 Å². The SMILES string of the molecule is O=C(O)CC(=O)O.O=C(O)CN=NCC(=O)O. The third-order valence-corrected chi connectivity index (χ3v) is 0.814. The van der Waals surface area contributed by atoms with E-state index in [2.05, 4.69) is 10.2 Å². The van der Waals surface area contributed by atoms with E-state index >= 15 is 0 Å². The smallest absolute Gasteiger partial charge is 0.327 e. The van der Waals surface area contributed by atoms with E-state index in [1.807, 2.05) is 0 Å². The van der Waals surface area contributed by atoms with Crippen LogP contribution in [0.25, 0.3) is 0 Å². The van der Waals surface area contributed by atoms with Gasteiger partial charge in [0.15, 0.2) is 13.1 Å². The molecule has 0 aliphatic carbocycles. The lowest BCUT2D eigenvalue weighted by Crippen LogP contribution is -2.03. The van der Waals surface area contributed by atoms with Crippen molar-refractivity contribution >= 4 is 23.9 Å². The van der Waals surface area contributed by atoms with Crippen LogP contribution in [0.1, 0.15) is 6.42 Å². The van der Waals surface area contributed by atoms with Crippen LogP contribution < -0.4 is 0 Å². The van der Waals surface area contributed by atoms with Gasteiger partial charge in [0.05, 0.1) is 0 Å². The molecule has 10 nitrogen and oxygen atoms in total. The second-order valence-corrected chi connectivity index (χ2v) is 2.35. The lowest BCUT2D eigenvalue weighted by atomic mass is 10.5. The second kappa shape index (κ2) is 10.0. The summed E-state index contributed by atoms with van der Waals surface area (Å²) in [5.41, 5.74) is 0. The highest BCUT2D eigenvalue weighted by atomic mass is 16.4. The molecule has 0 bridgehead atoms. The first-order chi connectivity index (χ1) is 7.75. The van der Waals surface area contributed by atoms with Crippen molar-refractivity contribution in [2.24, 2.45) is 10.2 Å². The Balaban J connectivity index is 0. The Bertz CT molecular complexity index is 294. The molecule has 0 amide bonds. The standard InChI is InChI=1S/C4H6N2O4.C3H4O4/c7-3(8)1-5-6-2-4(9)10;4-2(5)1-3(6)7/h1-2H2,(H,7,8)(H,9,10);1H2,(H,4,5)(H,6,7). The molecule has 0 rings (SSSR count).